The van der Waals surface area contributed by atoms with Crippen molar-refractivity contribution in [2.24, 2.45) is 0 Å². The molecule has 3 rings (SSSR count). The Morgan fingerprint density at radius 1 is 0.621 bits per heavy atom. The van der Waals surface area contributed by atoms with Crippen LogP contribution in [0.5, 0.6) is 0 Å². The van der Waals surface area contributed by atoms with Crippen molar-refractivity contribution in [2.45, 2.75) is 18.6 Å². The summed E-state index contributed by atoms with van der Waals surface area (Å²) in [4.78, 5) is 0.944. The van der Waals surface area contributed by atoms with Crippen LogP contribution in [0.3, 0.4) is 0 Å². The molecule has 0 bridgehead atoms. The maximum Gasteiger partial charge on any atom is 0.464 e. The highest BCUT2D eigenvalue weighted by Crippen LogP contribution is 2.32. The fourth-order valence-electron chi connectivity index (χ4n) is 2.35. The van der Waals surface area contributed by atoms with E-state index >= 15 is 0 Å². The van der Waals surface area contributed by atoms with Crippen molar-refractivity contribution in [1.29, 1.82) is 0 Å². The largest absolute Gasteiger partial charge is 0.464 e. The molecular weight excluding hydrogens is 452 g/mol. The second-order valence-corrected chi connectivity index (χ2v) is 12.7. The number of rotatable bonds is 8. The van der Waals surface area contributed by atoms with Gasteiger partial charge in [-0.2, -0.15) is 17.5 Å². The first-order valence-corrected chi connectivity index (χ1v) is 13.3. The molecule has 0 saturated heterocycles. The molecule has 3 aromatic rings. The van der Waals surface area contributed by atoms with Crippen LogP contribution in [-0.4, -0.2) is 26.0 Å². The van der Waals surface area contributed by atoms with Crippen molar-refractivity contribution in [2.75, 3.05) is 0 Å². The molecule has 0 heterocycles. The molecule has 0 amide bonds. The van der Waals surface area contributed by atoms with Crippen LogP contribution in [0, 0.1) is 0 Å². The van der Waals surface area contributed by atoms with Gasteiger partial charge in [-0.3, -0.25) is 0 Å². The minimum absolute atomic E-state index is 0.268. The van der Waals surface area contributed by atoms with E-state index in [0.717, 1.165) is 0 Å². The van der Waals surface area contributed by atoms with E-state index in [9.17, 15) is 22.1 Å². The van der Waals surface area contributed by atoms with Gasteiger partial charge in [0.2, 0.25) is 4.90 Å². The first-order chi connectivity index (χ1) is 13.9. The lowest BCUT2D eigenvalue weighted by atomic mass is 10.4. The molecule has 29 heavy (non-hydrogen) atoms. The van der Waals surface area contributed by atoms with Crippen LogP contribution in [0.1, 0.15) is 0 Å². The zero-order chi connectivity index (χ0) is 20.9. The minimum atomic E-state index is -4.58. The Balaban J connectivity index is 1.97. The van der Waals surface area contributed by atoms with Gasteiger partial charge in [-0.1, -0.05) is 54.6 Å². The molecule has 3 N–H and O–H groups in total. The third kappa shape index (κ3) is 5.56. The van der Waals surface area contributed by atoms with E-state index in [1.54, 1.807) is 78.9 Å². The summed E-state index contributed by atoms with van der Waals surface area (Å²) in [7, 11) is -4.58. The first-order valence-electron chi connectivity index (χ1n) is 8.27. The minimum Gasteiger partial charge on any atom is -0.184 e. The number of benzene rings is 3. The molecule has 0 saturated carbocycles. The van der Waals surface area contributed by atoms with Crippen LogP contribution in [0.25, 0.3) is 0 Å². The lowest BCUT2D eigenvalue weighted by Crippen LogP contribution is -2.39. The van der Waals surface area contributed by atoms with Crippen LogP contribution in [0.4, 0.5) is 0 Å². The van der Waals surface area contributed by atoms with Gasteiger partial charge in [0.25, 0.3) is 22.4 Å². The summed E-state index contributed by atoms with van der Waals surface area (Å²) in [6.07, 6.45) is 0. The van der Waals surface area contributed by atoms with E-state index in [1.807, 2.05) is 0 Å². The quantitative estimate of drug-likeness (QED) is 0.429. The van der Waals surface area contributed by atoms with Gasteiger partial charge in [0, 0.05) is 15.8 Å². The highest BCUT2D eigenvalue weighted by molar-refractivity contribution is 8.24. The summed E-state index contributed by atoms with van der Waals surface area (Å²) in [5, 5.41) is 0. The van der Waals surface area contributed by atoms with Gasteiger partial charge in [-0.15, -0.1) is 4.55 Å². The first kappa shape index (κ1) is 22.2. The molecule has 0 fully saturated rings. The fourth-order valence-corrected chi connectivity index (χ4v) is 9.73. The topological polar surface area (TPSA) is 104 Å². The smallest absolute Gasteiger partial charge is 0.184 e. The molecule has 0 aromatic heterocycles. The monoisotopic (exact) mass is 471 g/mol. The molecule has 0 radical (unpaired) electrons. The second-order valence-electron chi connectivity index (χ2n) is 5.67. The van der Waals surface area contributed by atoms with E-state index < -0.39 is 47.8 Å². The van der Waals surface area contributed by atoms with Crippen LogP contribution in [0.15, 0.2) is 106 Å². The van der Waals surface area contributed by atoms with Gasteiger partial charge in [0.15, 0.2) is 9.79 Å². The van der Waals surface area contributed by atoms with Crippen LogP contribution in [0.2, 0.25) is 0 Å². The van der Waals surface area contributed by atoms with Crippen molar-refractivity contribution >= 4 is 43.9 Å². The van der Waals surface area contributed by atoms with E-state index in [2.05, 4.69) is 0 Å². The van der Waals surface area contributed by atoms with E-state index in [-0.39, 0.29) is 4.90 Å². The molecular formula is C19H19O6S4+3. The van der Waals surface area contributed by atoms with Gasteiger partial charge >= 0.3 is 25.5 Å². The molecule has 0 spiro atoms. The third-order valence-corrected chi connectivity index (χ3v) is 11.9. The Hall–Kier alpha value is -1.50. The average Bonchev–Trinajstić information content (AvgIpc) is 2.75. The molecule has 3 unspecified atom stereocenters. The predicted octanol–water partition coefficient (Wildman–Crippen LogP) is 3.98. The fraction of sp³-hybridized carbons (Fsp3) is 0.0526. The van der Waals surface area contributed by atoms with Gasteiger partial charge in [0.05, 0.1) is 0 Å². The zero-order valence-corrected chi connectivity index (χ0v) is 18.2. The van der Waals surface area contributed by atoms with Gasteiger partial charge in [-0.25, -0.2) is 0 Å². The van der Waals surface area contributed by atoms with Gasteiger partial charge in [-0.05, 0) is 24.3 Å². The molecule has 10 heteroatoms. The summed E-state index contributed by atoms with van der Waals surface area (Å²) in [5.41, 5.74) is 0. The Kier molecular flexibility index (Phi) is 7.66. The van der Waals surface area contributed by atoms with Gasteiger partial charge < -0.3 is 0 Å². The summed E-state index contributed by atoms with van der Waals surface area (Å²) in [5.74, 6) is 0. The van der Waals surface area contributed by atoms with Crippen LogP contribution < -0.4 is 0 Å². The average molecular weight is 472 g/mol. The Morgan fingerprint density at radius 3 is 1.34 bits per heavy atom. The number of hydrogen-bond acceptors (Lipinski definition) is 6. The maximum atomic E-state index is 13.1. The highest BCUT2D eigenvalue weighted by atomic mass is 32.3. The van der Waals surface area contributed by atoms with E-state index in [4.69, 9.17) is 3.63 Å². The molecule has 152 valence electrons. The summed E-state index contributed by atoms with van der Waals surface area (Å²) in [6, 6.07) is 24.5. The molecule has 0 aliphatic rings. The normalized spacial score (nSPS) is 16.0. The Bertz CT molecular complexity index is 957. The van der Waals surface area contributed by atoms with Crippen molar-refractivity contribution in [3.63, 3.8) is 0 Å². The zero-order valence-electron chi connectivity index (χ0n) is 14.9. The summed E-state index contributed by atoms with van der Waals surface area (Å²) in [6.45, 7) is 0. The van der Waals surface area contributed by atoms with E-state index in [1.165, 1.54) is 12.1 Å². The maximum absolute atomic E-state index is 13.1. The predicted molar refractivity (Wildman–Crippen MR) is 118 cm³/mol. The molecule has 6 nitrogen and oxygen atoms in total. The van der Waals surface area contributed by atoms with Crippen molar-refractivity contribution in [1.82, 2.24) is 0 Å². The molecule has 0 aliphatic heterocycles. The second kappa shape index (κ2) is 10.0. The number of hydrogen-bond donors (Lipinski definition) is 3. The molecule has 3 atom stereocenters. The van der Waals surface area contributed by atoms with E-state index in [0.29, 0.717) is 9.79 Å². The van der Waals surface area contributed by atoms with Crippen molar-refractivity contribution < 1.29 is 25.7 Å². The lowest BCUT2D eigenvalue weighted by Gasteiger charge is -2.09. The lowest BCUT2D eigenvalue weighted by molar-refractivity contribution is 0.473. The van der Waals surface area contributed by atoms with Crippen LogP contribution in [-0.2, 0) is 47.6 Å². The summed E-state index contributed by atoms with van der Waals surface area (Å²) >= 11 is -5.87. The van der Waals surface area contributed by atoms with Crippen molar-refractivity contribution in [3.8, 4) is 0 Å². The molecule has 0 aliphatic carbocycles. The summed E-state index contributed by atoms with van der Waals surface area (Å²) < 4.78 is 61.5. The molecule has 3 aromatic carbocycles. The SMILES string of the molecule is O=S(=O)(O[S+](O)c1ccccc1)C([S+](O)c1ccccc1)[S+](O)c1ccccc1. The van der Waals surface area contributed by atoms with Gasteiger partial charge in [0.1, 0.15) is 0 Å². The van der Waals surface area contributed by atoms with Crippen molar-refractivity contribution in [3.05, 3.63) is 91.0 Å². The Morgan fingerprint density at radius 2 is 0.966 bits per heavy atom. The Labute approximate surface area is 178 Å². The highest BCUT2D eigenvalue weighted by Gasteiger charge is 2.62. The third-order valence-electron chi connectivity index (χ3n) is 3.67. The standard InChI is InChI=1S/C19H19O6S4/c20-26(16-10-4-1-5-11-16)19(27(21)17-12-6-2-7-13-17)29(23,24)25-28(22)18-14-8-3-9-15-18/h1-15,19-22H/q+3. The van der Waals surface area contributed by atoms with Crippen LogP contribution >= 0.6 is 0 Å².